The highest BCUT2D eigenvalue weighted by molar-refractivity contribution is 6.04. The van der Waals surface area contributed by atoms with Gasteiger partial charge in [-0.1, -0.05) is 30.3 Å². The Morgan fingerprint density at radius 3 is 2.71 bits per heavy atom. The van der Waals surface area contributed by atoms with E-state index in [0.717, 1.165) is 25.8 Å². The van der Waals surface area contributed by atoms with Gasteiger partial charge in [0.1, 0.15) is 5.82 Å². The molecule has 2 heterocycles. The maximum atomic E-state index is 12.5. The third kappa shape index (κ3) is 4.28. The number of amides is 2. The molecule has 0 aliphatic heterocycles. The molecule has 8 nitrogen and oxygen atoms in total. The first-order valence-corrected chi connectivity index (χ1v) is 9.31. The summed E-state index contributed by atoms with van der Waals surface area (Å²) in [5.41, 5.74) is 2.08. The Balaban J connectivity index is 1.34. The molecule has 0 saturated heterocycles. The van der Waals surface area contributed by atoms with Gasteiger partial charge in [-0.3, -0.25) is 19.0 Å². The minimum Gasteiger partial charge on any atom is -0.318 e. The van der Waals surface area contributed by atoms with Crippen LogP contribution in [0.5, 0.6) is 0 Å². The lowest BCUT2D eigenvalue weighted by molar-refractivity contribution is -0.117. The first kappa shape index (κ1) is 18.0. The van der Waals surface area contributed by atoms with Crippen molar-refractivity contribution in [1.29, 1.82) is 0 Å². The number of aryl methyl sites for hydroxylation is 3. The predicted molar refractivity (Wildman–Crippen MR) is 105 cm³/mol. The van der Waals surface area contributed by atoms with Crippen molar-refractivity contribution in [2.24, 2.45) is 13.0 Å². The summed E-state index contributed by atoms with van der Waals surface area (Å²) in [6, 6.07) is 11.7. The summed E-state index contributed by atoms with van der Waals surface area (Å²) in [4.78, 5) is 24.4. The molecule has 2 aromatic heterocycles. The zero-order valence-electron chi connectivity index (χ0n) is 15.6. The van der Waals surface area contributed by atoms with E-state index in [4.69, 9.17) is 0 Å². The van der Waals surface area contributed by atoms with E-state index < -0.39 is 0 Å². The van der Waals surface area contributed by atoms with E-state index in [-0.39, 0.29) is 23.4 Å². The highest BCUT2D eigenvalue weighted by Gasteiger charge is 2.30. The van der Waals surface area contributed by atoms with Crippen molar-refractivity contribution in [3.05, 3.63) is 60.0 Å². The second-order valence-electron chi connectivity index (χ2n) is 6.98. The summed E-state index contributed by atoms with van der Waals surface area (Å²) >= 11 is 0. The molecule has 1 aliphatic carbocycles. The first-order valence-electron chi connectivity index (χ1n) is 9.31. The van der Waals surface area contributed by atoms with Crippen molar-refractivity contribution in [1.82, 2.24) is 19.6 Å². The maximum absolute atomic E-state index is 12.5. The molecule has 8 heteroatoms. The summed E-state index contributed by atoms with van der Waals surface area (Å²) in [6.07, 6.45) is 6.11. The van der Waals surface area contributed by atoms with Crippen molar-refractivity contribution in [2.45, 2.75) is 25.8 Å². The third-order valence-corrected chi connectivity index (χ3v) is 4.68. The standard InChI is InChI=1S/C20H22N6O2/c1-25-18(23-19(27)15-7-8-15)11-17(24-25)20(28)22-16-12-21-26(13-16)10-9-14-5-3-2-4-6-14/h2-6,11-13,15H,7-10H2,1H3,(H,22,28)(H,23,27). The molecule has 144 valence electrons. The molecule has 1 aliphatic rings. The second-order valence-corrected chi connectivity index (χ2v) is 6.98. The smallest absolute Gasteiger partial charge is 0.276 e. The van der Waals surface area contributed by atoms with Crippen LogP contribution in [0, 0.1) is 5.92 Å². The van der Waals surface area contributed by atoms with Gasteiger partial charge >= 0.3 is 0 Å². The molecule has 3 aromatic rings. The Labute approximate surface area is 162 Å². The Morgan fingerprint density at radius 1 is 1.18 bits per heavy atom. The van der Waals surface area contributed by atoms with Crippen LogP contribution in [0.25, 0.3) is 0 Å². The average molecular weight is 378 g/mol. The normalized spacial score (nSPS) is 13.3. The lowest BCUT2D eigenvalue weighted by Crippen LogP contribution is -2.15. The van der Waals surface area contributed by atoms with E-state index >= 15 is 0 Å². The molecular weight excluding hydrogens is 356 g/mol. The summed E-state index contributed by atoms with van der Waals surface area (Å²) in [5.74, 6) is 0.245. The van der Waals surface area contributed by atoms with E-state index in [2.05, 4.69) is 33.0 Å². The van der Waals surface area contributed by atoms with Crippen LogP contribution in [0.1, 0.15) is 28.9 Å². The van der Waals surface area contributed by atoms with Gasteiger partial charge in [0, 0.05) is 31.8 Å². The zero-order chi connectivity index (χ0) is 19.5. The van der Waals surface area contributed by atoms with Gasteiger partial charge in [-0.2, -0.15) is 10.2 Å². The van der Waals surface area contributed by atoms with Gasteiger partial charge in [-0.25, -0.2) is 0 Å². The van der Waals surface area contributed by atoms with Crippen LogP contribution < -0.4 is 10.6 Å². The highest BCUT2D eigenvalue weighted by Crippen LogP contribution is 2.30. The lowest BCUT2D eigenvalue weighted by atomic mass is 10.1. The fraction of sp³-hybridized carbons (Fsp3) is 0.300. The fourth-order valence-corrected chi connectivity index (χ4v) is 2.90. The Kier molecular flexibility index (Phi) is 4.92. The molecular formula is C20H22N6O2. The number of hydrogen-bond acceptors (Lipinski definition) is 4. The van der Waals surface area contributed by atoms with Crippen molar-refractivity contribution in [2.75, 3.05) is 10.6 Å². The number of hydrogen-bond donors (Lipinski definition) is 2. The molecule has 0 atom stereocenters. The predicted octanol–water partition coefficient (Wildman–Crippen LogP) is 2.46. The number of carbonyl (C=O) groups is 2. The van der Waals surface area contributed by atoms with Crippen LogP contribution in [0.4, 0.5) is 11.5 Å². The molecule has 0 spiro atoms. The van der Waals surface area contributed by atoms with Gasteiger partial charge in [-0.05, 0) is 24.8 Å². The molecule has 1 aromatic carbocycles. The maximum Gasteiger partial charge on any atom is 0.276 e. The molecule has 1 saturated carbocycles. The van der Waals surface area contributed by atoms with E-state index in [9.17, 15) is 9.59 Å². The lowest BCUT2D eigenvalue weighted by Gasteiger charge is -2.02. The third-order valence-electron chi connectivity index (χ3n) is 4.68. The van der Waals surface area contributed by atoms with Crippen LogP contribution >= 0.6 is 0 Å². The topological polar surface area (TPSA) is 93.8 Å². The number of rotatable bonds is 7. The summed E-state index contributed by atoms with van der Waals surface area (Å²) in [6.45, 7) is 0.723. The molecule has 0 unspecified atom stereocenters. The minimum atomic E-state index is -0.342. The Morgan fingerprint density at radius 2 is 1.96 bits per heavy atom. The van der Waals surface area contributed by atoms with Crippen LogP contribution in [0.2, 0.25) is 0 Å². The van der Waals surface area contributed by atoms with Gasteiger partial charge in [0.15, 0.2) is 5.69 Å². The van der Waals surface area contributed by atoms with Crippen LogP contribution in [-0.4, -0.2) is 31.4 Å². The van der Waals surface area contributed by atoms with Crippen LogP contribution in [0.3, 0.4) is 0 Å². The Bertz CT molecular complexity index is 987. The van der Waals surface area contributed by atoms with Crippen molar-refractivity contribution in [3.63, 3.8) is 0 Å². The number of nitrogens with one attached hydrogen (secondary N) is 2. The van der Waals surface area contributed by atoms with Gasteiger partial charge in [0.2, 0.25) is 5.91 Å². The summed E-state index contributed by atoms with van der Waals surface area (Å²) in [5, 5.41) is 14.1. The molecule has 0 radical (unpaired) electrons. The van der Waals surface area contributed by atoms with Crippen LogP contribution in [-0.2, 0) is 24.8 Å². The molecule has 4 rings (SSSR count). The molecule has 28 heavy (non-hydrogen) atoms. The second kappa shape index (κ2) is 7.67. The monoisotopic (exact) mass is 378 g/mol. The van der Waals surface area contributed by atoms with Crippen molar-refractivity contribution in [3.8, 4) is 0 Å². The summed E-state index contributed by atoms with van der Waals surface area (Å²) < 4.78 is 3.29. The Hall–Kier alpha value is -3.42. The molecule has 1 fully saturated rings. The van der Waals surface area contributed by atoms with Gasteiger partial charge in [0.25, 0.3) is 5.91 Å². The van der Waals surface area contributed by atoms with E-state index in [1.807, 2.05) is 18.2 Å². The van der Waals surface area contributed by atoms with E-state index in [1.165, 1.54) is 10.2 Å². The number of aromatic nitrogens is 4. The van der Waals surface area contributed by atoms with Gasteiger partial charge in [-0.15, -0.1) is 0 Å². The number of nitrogens with zero attached hydrogens (tertiary/aromatic N) is 4. The molecule has 2 N–H and O–H groups in total. The van der Waals surface area contributed by atoms with Gasteiger partial charge in [0.05, 0.1) is 11.9 Å². The minimum absolute atomic E-state index is 0.0188. The largest absolute Gasteiger partial charge is 0.318 e. The van der Waals surface area contributed by atoms with Crippen LogP contribution in [0.15, 0.2) is 48.8 Å². The number of carbonyl (C=O) groups excluding carboxylic acids is 2. The average Bonchev–Trinajstić information content (AvgIpc) is 3.36. The van der Waals surface area contributed by atoms with E-state index in [1.54, 1.807) is 30.2 Å². The molecule has 0 bridgehead atoms. The number of benzene rings is 1. The fourth-order valence-electron chi connectivity index (χ4n) is 2.90. The quantitative estimate of drug-likeness (QED) is 0.660. The van der Waals surface area contributed by atoms with Crippen molar-refractivity contribution >= 4 is 23.3 Å². The number of anilines is 2. The first-order chi connectivity index (χ1) is 13.6. The summed E-state index contributed by atoms with van der Waals surface area (Å²) in [7, 11) is 1.70. The molecule has 2 amide bonds. The zero-order valence-corrected chi connectivity index (χ0v) is 15.6. The SMILES string of the molecule is Cn1nc(C(=O)Nc2cnn(CCc3ccccc3)c2)cc1NC(=O)C1CC1. The van der Waals surface area contributed by atoms with Gasteiger partial charge < -0.3 is 10.6 Å². The van der Waals surface area contributed by atoms with E-state index in [0.29, 0.717) is 11.5 Å². The highest BCUT2D eigenvalue weighted by atomic mass is 16.2. The van der Waals surface area contributed by atoms with Crippen molar-refractivity contribution < 1.29 is 9.59 Å².